The van der Waals surface area contributed by atoms with Crippen molar-refractivity contribution in [2.24, 2.45) is 4.99 Å². The zero-order valence-corrected chi connectivity index (χ0v) is 14.5. The summed E-state index contributed by atoms with van der Waals surface area (Å²) in [7, 11) is 1.85. The van der Waals surface area contributed by atoms with Crippen LogP contribution in [0.4, 0.5) is 0 Å². The van der Waals surface area contributed by atoms with Crippen molar-refractivity contribution in [3.8, 4) is 0 Å². The highest BCUT2D eigenvalue weighted by molar-refractivity contribution is 7.11. The summed E-state index contributed by atoms with van der Waals surface area (Å²) in [4.78, 5) is 9.60. The number of thiophene rings is 1. The highest BCUT2D eigenvalue weighted by Gasteiger charge is 2.21. The first-order chi connectivity index (χ1) is 10.1. The van der Waals surface area contributed by atoms with E-state index in [1.54, 1.807) is 0 Å². The lowest BCUT2D eigenvalue weighted by atomic mass is 10.0. The fourth-order valence-corrected chi connectivity index (χ4v) is 3.53. The van der Waals surface area contributed by atoms with Crippen molar-refractivity contribution in [2.45, 2.75) is 52.2 Å². The fraction of sp³-hybridized carbons (Fsp3) is 0.688. The second-order valence-corrected chi connectivity index (χ2v) is 7.36. The number of piperidine rings is 1. The number of hydrogen-bond donors (Lipinski definition) is 2. The maximum absolute atomic E-state index is 4.34. The largest absolute Gasteiger partial charge is 0.354 e. The Morgan fingerprint density at radius 2 is 2.10 bits per heavy atom. The molecular weight excluding hydrogens is 280 g/mol. The van der Waals surface area contributed by atoms with Crippen molar-refractivity contribution in [1.82, 2.24) is 15.5 Å². The third kappa shape index (κ3) is 5.00. The van der Waals surface area contributed by atoms with Gasteiger partial charge in [-0.05, 0) is 45.7 Å². The molecule has 1 saturated heterocycles. The predicted molar refractivity (Wildman–Crippen MR) is 92.1 cm³/mol. The van der Waals surface area contributed by atoms with E-state index in [0.29, 0.717) is 12.1 Å². The minimum atomic E-state index is 0.538. The van der Waals surface area contributed by atoms with Crippen LogP contribution in [0.25, 0.3) is 0 Å². The van der Waals surface area contributed by atoms with Crippen LogP contribution in [-0.2, 0) is 6.54 Å². The van der Waals surface area contributed by atoms with Gasteiger partial charge in [0.15, 0.2) is 5.96 Å². The maximum Gasteiger partial charge on any atom is 0.191 e. The third-order valence-corrected chi connectivity index (χ3v) is 5.05. The molecule has 0 bridgehead atoms. The van der Waals surface area contributed by atoms with Gasteiger partial charge in [-0.2, -0.15) is 0 Å². The number of nitrogens with zero attached hydrogens (tertiary/aromatic N) is 2. The molecular formula is C16H28N4S. The van der Waals surface area contributed by atoms with E-state index >= 15 is 0 Å². The molecule has 0 atom stereocenters. The lowest BCUT2D eigenvalue weighted by Crippen LogP contribution is -2.49. The Morgan fingerprint density at radius 3 is 2.62 bits per heavy atom. The number of likely N-dealkylation sites (tertiary alicyclic amines) is 1. The highest BCUT2D eigenvalue weighted by Crippen LogP contribution is 2.15. The van der Waals surface area contributed by atoms with E-state index in [1.807, 2.05) is 18.4 Å². The zero-order chi connectivity index (χ0) is 15.2. The lowest BCUT2D eigenvalue weighted by molar-refractivity contribution is 0.167. The maximum atomic E-state index is 4.34. The zero-order valence-electron chi connectivity index (χ0n) is 13.6. The first-order valence-electron chi connectivity index (χ1n) is 7.85. The average Bonchev–Trinajstić information content (AvgIpc) is 2.89. The molecule has 1 fully saturated rings. The van der Waals surface area contributed by atoms with Crippen molar-refractivity contribution >= 4 is 17.3 Å². The molecule has 4 nitrogen and oxygen atoms in total. The molecule has 1 aromatic rings. The quantitative estimate of drug-likeness (QED) is 0.663. The summed E-state index contributed by atoms with van der Waals surface area (Å²) in [5.74, 6) is 0.920. The summed E-state index contributed by atoms with van der Waals surface area (Å²) in [5.41, 5.74) is 0. The van der Waals surface area contributed by atoms with Gasteiger partial charge in [0, 0.05) is 42.0 Å². The van der Waals surface area contributed by atoms with Crippen LogP contribution in [0, 0.1) is 6.92 Å². The number of guanidine groups is 1. The van der Waals surface area contributed by atoms with Crippen LogP contribution in [0.3, 0.4) is 0 Å². The predicted octanol–water partition coefficient (Wildman–Crippen LogP) is 2.59. The smallest absolute Gasteiger partial charge is 0.191 e. The van der Waals surface area contributed by atoms with Gasteiger partial charge in [-0.1, -0.05) is 0 Å². The van der Waals surface area contributed by atoms with Crippen LogP contribution in [0.2, 0.25) is 0 Å². The van der Waals surface area contributed by atoms with E-state index in [-0.39, 0.29) is 0 Å². The summed E-state index contributed by atoms with van der Waals surface area (Å²) < 4.78 is 0. The highest BCUT2D eigenvalue weighted by atomic mass is 32.1. The Morgan fingerprint density at radius 1 is 1.38 bits per heavy atom. The summed E-state index contributed by atoms with van der Waals surface area (Å²) in [6.07, 6.45) is 2.38. The Bertz CT molecular complexity index is 459. The van der Waals surface area contributed by atoms with Crippen molar-refractivity contribution in [2.75, 3.05) is 20.1 Å². The molecule has 0 saturated carbocycles. The number of hydrogen-bond acceptors (Lipinski definition) is 3. The second kappa shape index (κ2) is 7.80. The van der Waals surface area contributed by atoms with Crippen LogP contribution < -0.4 is 10.6 Å². The number of aryl methyl sites for hydroxylation is 1. The van der Waals surface area contributed by atoms with Crippen LogP contribution >= 0.6 is 11.3 Å². The Labute approximate surface area is 132 Å². The van der Waals surface area contributed by atoms with Gasteiger partial charge in [-0.25, -0.2) is 0 Å². The molecule has 21 heavy (non-hydrogen) atoms. The summed E-state index contributed by atoms with van der Waals surface area (Å²) in [6, 6.07) is 5.54. The molecule has 0 radical (unpaired) electrons. The minimum absolute atomic E-state index is 0.538. The summed E-state index contributed by atoms with van der Waals surface area (Å²) >= 11 is 1.84. The monoisotopic (exact) mass is 308 g/mol. The Kier molecular flexibility index (Phi) is 6.06. The van der Waals surface area contributed by atoms with Crippen molar-refractivity contribution in [3.63, 3.8) is 0 Å². The van der Waals surface area contributed by atoms with E-state index in [1.165, 1.54) is 35.7 Å². The second-order valence-electron chi connectivity index (χ2n) is 5.99. The molecule has 2 heterocycles. The van der Waals surface area contributed by atoms with Gasteiger partial charge in [0.1, 0.15) is 0 Å². The molecule has 0 amide bonds. The van der Waals surface area contributed by atoms with Crippen molar-refractivity contribution < 1.29 is 0 Å². The summed E-state index contributed by atoms with van der Waals surface area (Å²) in [6.45, 7) is 9.90. The van der Waals surface area contributed by atoms with Crippen molar-refractivity contribution in [1.29, 1.82) is 0 Å². The molecule has 5 heteroatoms. The van der Waals surface area contributed by atoms with Gasteiger partial charge in [0.05, 0.1) is 6.54 Å². The van der Waals surface area contributed by atoms with Crippen LogP contribution in [0.1, 0.15) is 36.4 Å². The molecule has 0 aliphatic carbocycles. The first-order valence-corrected chi connectivity index (χ1v) is 8.66. The lowest BCUT2D eigenvalue weighted by Gasteiger charge is -2.35. The Balaban J connectivity index is 1.75. The molecule has 118 valence electrons. The molecule has 1 aliphatic heterocycles. The van der Waals surface area contributed by atoms with E-state index in [0.717, 1.165) is 12.5 Å². The standard InChI is InChI=1S/C16H28N4S/c1-12(2)20-9-7-14(8-10-20)19-16(17-4)18-11-15-6-5-13(3)21-15/h5-6,12,14H,7-11H2,1-4H3,(H2,17,18,19). The molecule has 1 aromatic heterocycles. The van der Waals surface area contributed by atoms with Crippen LogP contribution in [0.5, 0.6) is 0 Å². The topological polar surface area (TPSA) is 39.7 Å². The van der Waals surface area contributed by atoms with E-state index in [4.69, 9.17) is 0 Å². The van der Waals surface area contributed by atoms with Gasteiger partial charge in [-0.15, -0.1) is 11.3 Å². The molecule has 1 aliphatic rings. The molecule has 0 spiro atoms. The summed E-state index contributed by atoms with van der Waals surface area (Å²) in [5, 5.41) is 6.98. The fourth-order valence-electron chi connectivity index (χ4n) is 2.70. The Hall–Kier alpha value is -1.07. The molecule has 0 unspecified atom stereocenters. The van der Waals surface area contributed by atoms with Gasteiger partial charge in [0.2, 0.25) is 0 Å². The SMILES string of the molecule is CN=C(NCc1ccc(C)s1)NC1CCN(C(C)C)CC1. The molecule has 2 rings (SSSR count). The van der Waals surface area contributed by atoms with E-state index in [9.17, 15) is 0 Å². The third-order valence-electron chi connectivity index (χ3n) is 4.05. The minimum Gasteiger partial charge on any atom is -0.354 e. The molecule has 0 aromatic carbocycles. The van der Waals surface area contributed by atoms with Gasteiger partial charge >= 0.3 is 0 Å². The van der Waals surface area contributed by atoms with E-state index < -0.39 is 0 Å². The number of nitrogens with one attached hydrogen (secondary N) is 2. The van der Waals surface area contributed by atoms with E-state index in [2.05, 4.69) is 53.4 Å². The van der Waals surface area contributed by atoms with Crippen LogP contribution in [-0.4, -0.2) is 43.1 Å². The first kappa shape index (κ1) is 16.3. The number of aliphatic imine (C=N–C) groups is 1. The molecule has 2 N–H and O–H groups in total. The van der Waals surface area contributed by atoms with Crippen LogP contribution in [0.15, 0.2) is 17.1 Å². The van der Waals surface area contributed by atoms with Gasteiger partial charge in [0.25, 0.3) is 0 Å². The average molecular weight is 308 g/mol. The van der Waals surface area contributed by atoms with Gasteiger partial charge < -0.3 is 15.5 Å². The van der Waals surface area contributed by atoms with Gasteiger partial charge in [-0.3, -0.25) is 4.99 Å². The van der Waals surface area contributed by atoms with Crippen molar-refractivity contribution in [3.05, 3.63) is 21.9 Å². The normalized spacial score (nSPS) is 18.2. The number of rotatable bonds is 4.